The van der Waals surface area contributed by atoms with Crippen molar-refractivity contribution in [2.24, 2.45) is 0 Å². The molecule has 2 aliphatic rings. The quantitative estimate of drug-likeness (QED) is 0.224. The van der Waals surface area contributed by atoms with E-state index < -0.39 is 0 Å². The fourth-order valence-corrected chi connectivity index (χ4v) is 9.02. The lowest BCUT2D eigenvalue weighted by Gasteiger charge is -2.03. The number of fused-ring (bicyclic) bond motifs is 2. The highest BCUT2D eigenvalue weighted by molar-refractivity contribution is 7.14. The molecular weight excluding hydrogens is 473 g/mol. The molecule has 0 fully saturated rings. The van der Waals surface area contributed by atoms with Gasteiger partial charge in [-0.15, -0.1) is 22.7 Å². The monoisotopic (exact) mass is 496 g/mol. The number of benzene rings is 4. The van der Waals surface area contributed by atoms with Crippen molar-refractivity contribution < 1.29 is 0 Å². The minimum Gasteiger partial charge on any atom is -0.134 e. The first-order valence-electron chi connectivity index (χ1n) is 12.5. The van der Waals surface area contributed by atoms with Crippen molar-refractivity contribution in [3.05, 3.63) is 135 Å². The van der Waals surface area contributed by atoms with Crippen LogP contribution in [-0.2, 0) is 0 Å². The number of aryl methyl sites for hydroxylation is 2. The molecular formula is C34H24S2. The lowest BCUT2D eigenvalue weighted by atomic mass is 10.0. The molecule has 0 N–H and O–H groups in total. The number of rotatable bonds is 2. The van der Waals surface area contributed by atoms with E-state index in [1.54, 1.807) is 0 Å². The van der Waals surface area contributed by atoms with E-state index in [0.717, 1.165) is 0 Å². The molecule has 0 saturated carbocycles. The highest BCUT2D eigenvalue weighted by Gasteiger charge is 2.20. The van der Waals surface area contributed by atoms with Gasteiger partial charge in [-0.2, -0.15) is 0 Å². The van der Waals surface area contributed by atoms with E-state index in [4.69, 9.17) is 0 Å². The zero-order chi connectivity index (χ0) is 24.3. The normalized spacial score (nSPS) is 12.4. The van der Waals surface area contributed by atoms with E-state index >= 15 is 0 Å². The van der Waals surface area contributed by atoms with E-state index in [1.165, 1.54) is 94.3 Å². The highest BCUT2D eigenvalue weighted by atomic mass is 32.1. The van der Waals surface area contributed by atoms with Gasteiger partial charge in [-0.05, 0) is 71.2 Å². The molecule has 2 heterocycles. The Bertz CT molecular complexity index is 2150. The van der Waals surface area contributed by atoms with Gasteiger partial charge in [-0.1, -0.05) is 83.9 Å². The summed E-state index contributed by atoms with van der Waals surface area (Å²) in [6.45, 7) is 8.93. The van der Waals surface area contributed by atoms with Crippen molar-refractivity contribution in [2.45, 2.75) is 27.7 Å². The molecule has 0 nitrogen and oxygen atoms in total. The van der Waals surface area contributed by atoms with Crippen LogP contribution in [0.25, 0.3) is 31.7 Å². The number of hydrogen-bond acceptors (Lipinski definition) is 2. The number of thiophene rings is 2. The Morgan fingerprint density at radius 2 is 0.778 bits per heavy atom. The second-order valence-corrected chi connectivity index (χ2v) is 12.4. The highest BCUT2D eigenvalue weighted by Crippen LogP contribution is 2.40. The van der Waals surface area contributed by atoms with Crippen LogP contribution in [-0.4, -0.2) is 0 Å². The van der Waals surface area contributed by atoms with Crippen molar-refractivity contribution >= 4 is 33.4 Å². The average molecular weight is 497 g/mol. The summed E-state index contributed by atoms with van der Waals surface area (Å²) in [6, 6.07) is 27.5. The van der Waals surface area contributed by atoms with Crippen molar-refractivity contribution in [2.75, 3.05) is 0 Å². The SMILES string of the molecule is Cc1ccc(-c2sc3c(c2C)=c2ccc4c5c(ccc=3c25)=c2sc(-c3ccc(C)cc3)c(C)c2=4)cc1. The Morgan fingerprint density at radius 3 is 1.17 bits per heavy atom. The molecule has 0 radical (unpaired) electrons. The minimum atomic E-state index is 1.31. The summed E-state index contributed by atoms with van der Waals surface area (Å²) in [5.74, 6) is 0. The first-order chi connectivity index (χ1) is 17.5. The third-order valence-electron chi connectivity index (χ3n) is 8.11. The molecule has 36 heavy (non-hydrogen) atoms. The summed E-state index contributed by atoms with van der Waals surface area (Å²) in [6.07, 6.45) is 0. The summed E-state index contributed by atoms with van der Waals surface area (Å²) in [5.41, 5.74) is 8.10. The maximum atomic E-state index is 2.40. The fraction of sp³-hybridized carbons (Fsp3) is 0.118. The van der Waals surface area contributed by atoms with E-state index in [9.17, 15) is 0 Å². The van der Waals surface area contributed by atoms with Crippen LogP contribution in [0.5, 0.6) is 0 Å². The topological polar surface area (TPSA) is 0 Å². The Balaban J connectivity index is 1.49. The van der Waals surface area contributed by atoms with Crippen LogP contribution >= 0.6 is 22.7 Å². The Labute approximate surface area is 216 Å². The molecule has 2 heteroatoms. The summed E-state index contributed by atoms with van der Waals surface area (Å²) in [4.78, 5) is 2.80. The lowest BCUT2D eigenvalue weighted by Crippen LogP contribution is -1.83. The predicted molar refractivity (Wildman–Crippen MR) is 153 cm³/mol. The van der Waals surface area contributed by atoms with E-state index in [-0.39, 0.29) is 0 Å². The third kappa shape index (κ3) is 2.53. The van der Waals surface area contributed by atoms with Crippen LogP contribution in [0, 0.1) is 68.1 Å². The van der Waals surface area contributed by atoms with Crippen molar-refractivity contribution in [1.29, 1.82) is 0 Å². The van der Waals surface area contributed by atoms with Gasteiger partial charge in [0.25, 0.3) is 0 Å². The Morgan fingerprint density at radius 1 is 0.417 bits per heavy atom. The van der Waals surface area contributed by atoms with Crippen molar-refractivity contribution in [1.82, 2.24) is 0 Å². The van der Waals surface area contributed by atoms with Gasteiger partial charge >= 0.3 is 0 Å². The van der Waals surface area contributed by atoms with Gasteiger partial charge in [-0.25, -0.2) is 0 Å². The average Bonchev–Trinajstić information content (AvgIpc) is 3.59. The fourth-order valence-electron chi connectivity index (χ4n) is 6.31. The van der Waals surface area contributed by atoms with Crippen LogP contribution in [0.4, 0.5) is 0 Å². The molecule has 0 saturated heterocycles. The van der Waals surface area contributed by atoms with Crippen molar-refractivity contribution in [3.8, 4) is 20.9 Å². The molecule has 0 unspecified atom stereocenters. The van der Waals surface area contributed by atoms with Crippen molar-refractivity contribution in [3.63, 3.8) is 0 Å². The predicted octanol–water partition coefficient (Wildman–Crippen LogP) is 9.31. The van der Waals surface area contributed by atoms with Gasteiger partial charge in [0.15, 0.2) is 0 Å². The lowest BCUT2D eigenvalue weighted by molar-refractivity contribution is 1.42. The number of hydrogen-bond donors (Lipinski definition) is 0. The maximum Gasteiger partial charge on any atom is 0.0437 e. The molecule has 2 aromatic heterocycles. The molecule has 0 amide bonds. The van der Waals surface area contributed by atoms with E-state index in [0.29, 0.717) is 0 Å². The first-order valence-corrected chi connectivity index (χ1v) is 14.2. The first kappa shape index (κ1) is 20.7. The molecule has 0 spiro atoms. The van der Waals surface area contributed by atoms with Gasteiger partial charge in [0, 0.05) is 39.7 Å². The van der Waals surface area contributed by atoms with Crippen LogP contribution in [0.3, 0.4) is 0 Å². The summed E-state index contributed by atoms with van der Waals surface area (Å²) in [7, 11) is 0. The second-order valence-electron chi connectivity index (χ2n) is 10.3. The molecule has 6 aromatic rings. The van der Waals surface area contributed by atoms with Gasteiger partial charge in [-0.3, -0.25) is 0 Å². The molecule has 0 atom stereocenters. The molecule has 0 bridgehead atoms. The third-order valence-corrected chi connectivity index (χ3v) is 10.9. The standard InChI is InChI=1S/C34H24S2/c1-17-5-9-21(10-6-17)31-19(3)27-23-13-14-24-28-20(4)32(22-11-7-18(2)8-12-22)36-34(28)26-16-15-25(33(27)35-31)29(23)30(24)26/h5-16H,1-4H3. The van der Waals surface area contributed by atoms with E-state index in [1.807, 2.05) is 22.7 Å². The molecule has 8 rings (SSSR count). The molecule has 4 aromatic carbocycles. The van der Waals surface area contributed by atoms with Crippen LogP contribution in [0.1, 0.15) is 22.3 Å². The van der Waals surface area contributed by atoms with Crippen LogP contribution in [0.15, 0.2) is 72.8 Å². The molecule has 0 aliphatic heterocycles. The van der Waals surface area contributed by atoms with Gasteiger partial charge in [0.05, 0.1) is 0 Å². The Hall–Kier alpha value is -3.46. The zero-order valence-electron chi connectivity index (χ0n) is 20.7. The van der Waals surface area contributed by atoms with Gasteiger partial charge in [0.1, 0.15) is 0 Å². The van der Waals surface area contributed by atoms with Gasteiger partial charge in [0.2, 0.25) is 0 Å². The smallest absolute Gasteiger partial charge is 0.0437 e. The Kier molecular flexibility index (Phi) is 4.06. The van der Waals surface area contributed by atoms with Crippen LogP contribution in [0.2, 0.25) is 0 Å². The van der Waals surface area contributed by atoms with E-state index in [2.05, 4.69) is 100 Å². The molecule has 172 valence electrons. The summed E-state index contributed by atoms with van der Waals surface area (Å²) < 4.78 is 2.88. The van der Waals surface area contributed by atoms with Gasteiger partial charge < -0.3 is 0 Å². The largest absolute Gasteiger partial charge is 0.134 e. The zero-order valence-corrected chi connectivity index (χ0v) is 22.4. The minimum absolute atomic E-state index is 1.31. The van der Waals surface area contributed by atoms with Crippen LogP contribution < -0.4 is 0 Å². The molecule has 2 aliphatic carbocycles. The second kappa shape index (κ2) is 7.06. The maximum absolute atomic E-state index is 2.40. The summed E-state index contributed by atoms with van der Waals surface area (Å²) >= 11 is 3.92. The summed E-state index contributed by atoms with van der Waals surface area (Å²) in [5, 5.41) is 11.5.